The van der Waals surface area contributed by atoms with Gasteiger partial charge in [-0.15, -0.1) is 0 Å². The Morgan fingerprint density at radius 1 is 0.467 bits per heavy atom. The van der Waals surface area contributed by atoms with Crippen molar-refractivity contribution in [1.29, 1.82) is 0 Å². The Kier molecular flexibility index (Phi) is 32.3. The van der Waals surface area contributed by atoms with Crippen LogP contribution in [0.1, 0.15) is 25.7 Å². The fourth-order valence-corrected chi connectivity index (χ4v) is 11.8. The molecule has 0 bridgehead atoms. The zero-order valence-electron chi connectivity index (χ0n) is 47.8. The number of rotatable bonds is 32. The van der Waals surface area contributed by atoms with Gasteiger partial charge in [0.1, 0.15) is 24.3 Å². The molecular weight excluding hydrogens is 1260 g/mol. The molecule has 4 unspecified atom stereocenters. The number of phenolic OH excluding ortho intramolecular Hbond substituents is 1. The maximum atomic E-state index is 14.3. The summed E-state index contributed by atoms with van der Waals surface area (Å²) in [4.78, 5) is 156. The van der Waals surface area contributed by atoms with Gasteiger partial charge in [0.2, 0.25) is 40.8 Å². The van der Waals surface area contributed by atoms with Crippen LogP contribution in [0.4, 0.5) is 0 Å². The van der Waals surface area contributed by atoms with Crippen LogP contribution < -0.4 is 71.4 Å². The fraction of sp³-hybridized carbons (Fsp3) is 0.241. The van der Waals surface area contributed by atoms with E-state index in [2.05, 4.69) is 59.5 Å². The van der Waals surface area contributed by atoms with Crippen LogP contribution in [0.15, 0.2) is 148 Å². The predicted molar refractivity (Wildman–Crippen MR) is 299 cm³/mol. The smallest absolute Gasteiger partial charge is 0.796 e. The van der Waals surface area contributed by atoms with Crippen LogP contribution in [0.2, 0.25) is 0 Å². The van der Waals surface area contributed by atoms with E-state index in [9.17, 15) is 76.7 Å². The monoisotopic (exact) mass is 1320 g/mol. The van der Waals surface area contributed by atoms with Gasteiger partial charge in [0, 0.05) is 54.3 Å². The third-order valence-electron chi connectivity index (χ3n) is 11.3. The van der Waals surface area contributed by atoms with Gasteiger partial charge in [0.25, 0.3) is 7.37 Å². The first-order valence-corrected chi connectivity index (χ1v) is 29.1. The van der Waals surface area contributed by atoms with Gasteiger partial charge < -0.3 is 75.9 Å². The molecule has 0 saturated carbocycles. The van der Waals surface area contributed by atoms with Crippen LogP contribution in [0.5, 0.6) is 11.5 Å². The van der Waals surface area contributed by atoms with Crippen LogP contribution in [-0.2, 0) is 124 Å². The van der Waals surface area contributed by atoms with Crippen molar-refractivity contribution in [1.82, 2.24) is 0 Å². The van der Waals surface area contributed by atoms with Crippen molar-refractivity contribution in [3.8, 4) is 33.8 Å². The Morgan fingerprint density at radius 2 is 0.822 bits per heavy atom. The molecule has 4 aromatic rings. The van der Waals surface area contributed by atoms with E-state index in [0.717, 1.165) is 24.3 Å². The Hall–Kier alpha value is -8.86. The molecule has 0 radical (unpaired) electrons. The Bertz CT molecular complexity index is 3430. The van der Waals surface area contributed by atoms with Crippen molar-refractivity contribution in [3.05, 3.63) is 148 Å². The number of phenols is 1. The van der Waals surface area contributed by atoms with Crippen LogP contribution in [0.3, 0.4) is 0 Å². The second-order valence-corrected chi connectivity index (χ2v) is 22.0. The minimum absolute atomic E-state index is 0. The molecule has 1 aliphatic heterocycles. The summed E-state index contributed by atoms with van der Waals surface area (Å²) in [5.41, 5.74) is 1.61. The van der Waals surface area contributed by atoms with Gasteiger partial charge in [-0.05, 0) is 29.3 Å². The van der Waals surface area contributed by atoms with E-state index >= 15 is 0 Å². The second kappa shape index (κ2) is 38.5. The van der Waals surface area contributed by atoms with Crippen LogP contribution in [0.25, 0.3) is 22.3 Å². The zero-order chi connectivity index (χ0) is 65.5. The minimum Gasteiger partial charge on any atom is -0.796 e. The van der Waals surface area contributed by atoms with Gasteiger partial charge in [0.05, 0.1) is 36.1 Å². The summed E-state index contributed by atoms with van der Waals surface area (Å²) in [6.07, 6.45) is -1.55. The van der Waals surface area contributed by atoms with Gasteiger partial charge in [-0.3, -0.25) is 42.9 Å². The van der Waals surface area contributed by atoms with E-state index in [1.54, 1.807) is 60.7 Å². The molecule has 472 valence electrons. The van der Waals surface area contributed by atoms with Crippen LogP contribution >= 0.6 is 14.7 Å². The number of aromatic hydroxyl groups is 1. The molecule has 0 spiro atoms. The number of para-hydroxylation sites is 2. The van der Waals surface area contributed by atoms with Crippen molar-refractivity contribution >= 4 is 97.0 Å². The van der Waals surface area contributed by atoms with Crippen molar-refractivity contribution < 1.29 is 189 Å². The van der Waals surface area contributed by atoms with Gasteiger partial charge in [-0.25, -0.2) is 19.2 Å². The fourth-order valence-electron chi connectivity index (χ4n) is 7.29. The molecule has 0 amide bonds. The molecule has 0 aromatic heterocycles. The minimum atomic E-state index is -4.75. The summed E-state index contributed by atoms with van der Waals surface area (Å²) in [6.45, 7) is 7.48. The van der Waals surface area contributed by atoms with Gasteiger partial charge >= 0.3 is 123 Å². The first-order valence-electron chi connectivity index (χ1n) is 25.5. The maximum Gasteiger partial charge on any atom is 1.00 e. The summed E-state index contributed by atoms with van der Waals surface area (Å²) in [6, 6.07) is 25.2. The van der Waals surface area contributed by atoms with Crippen molar-refractivity contribution in [2.24, 2.45) is 11.8 Å². The molecular formula is C58H55KO29P2. The maximum absolute atomic E-state index is 14.3. The van der Waals surface area contributed by atoms with E-state index in [4.69, 9.17) is 28.2 Å². The van der Waals surface area contributed by atoms with E-state index in [-0.39, 0.29) is 73.6 Å². The first-order chi connectivity index (χ1) is 42.4. The Labute approximate surface area is 554 Å². The first kappa shape index (κ1) is 75.4. The number of carbonyl (C=O) groups excluding carboxylic acids is 12. The second-order valence-electron chi connectivity index (χ2n) is 17.4. The normalized spacial score (nSPS) is 13.5. The molecule has 1 aliphatic rings. The average molecular weight is 1320 g/mol. The largest absolute Gasteiger partial charge is 1.00 e. The standard InChI is InChI=1S/C29H29O15P.C29H27O14P.K/c1-3-24(31)39-16-41-26(33)13-19(29(36)44-18-43-28(35)14-27(34)42-17-40-25(32)4-2)15-45(37,38)23-12-8-6-10-21(23)20-9-5-7-11-22(20)30;1-3-24(30)37-16-39-26(32)13-19(29(35)42-18-41-28(34)14-27(33)40-17-38-25(31)4-2)15-44(36)23-12-8-6-10-21(23)20-9-5-7-11-22(20)43-44;/h3-12,19,30H,1-2,13-18H2,(H,37,38);3-12,19H,1-2,13-18H2;/q;;+1/p-1. The van der Waals surface area contributed by atoms with Gasteiger partial charge in [-0.1, -0.05) is 105 Å². The van der Waals surface area contributed by atoms with Gasteiger partial charge in [0.15, 0.2) is 0 Å². The summed E-state index contributed by atoms with van der Waals surface area (Å²) >= 11 is 0. The molecule has 32 heteroatoms. The molecule has 1 heterocycles. The summed E-state index contributed by atoms with van der Waals surface area (Å²) in [7, 11) is -8.61. The van der Waals surface area contributed by atoms with Crippen molar-refractivity contribution in [2.75, 3.05) is 53.1 Å². The van der Waals surface area contributed by atoms with E-state index in [0.29, 0.717) is 22.2 Å². The van der Waals surface area contributed by atoms with Crippen molar-refractivity contribution in [3.63, 3.8) is 0 Å². The van der Waals surface area contributed by atoms with Crippen LogP contribution in [-0.4, -0.2) is 130 Å². The number of ether oxygens (including phenoxy) is 12. The Morgan fingerprint density at radius 3 is 1.28 bits per heavy atom. The molecule has 0 aliphatic carbocycles. The number of esters is 12. The third-order valence-corrected chi connectivity index (χ3v) is 15.9. The quantitative estimate of drug-likeness (QED) is 0.0134. The zero-order valence-corrected chi connectivity index (χ0v) is 52.7. The summed E-state index contributed by atoms with van der Waals surface area (Å²) in [5, 5.41) is 10.4. The number of hydrogen-bond acceptors (Lipinski definition) is 29. The van der Waals surface area contributed by atoms with E-state index in [1.807, 2.05) is 0 Å². The van der Waals surface area contributed by atoms with E-state index in [1.165, 1.54) is 36.4 Å². The number of carbonyl (C=O) groups is 12. The molecule has 0 saturated heterocycles. The summed E-state index contributed by atoms with van der Waals surface area (Å²) in [5.74, 6) is -15.7. The van der Waals surface area contributed by atoms with Crippen molar-refractivity contribution in [2.45, 2.75) is 25.7 Å². The molecule has 5 rings (SSSR count). The van der Waals surface area contributed by atoms with Gasteiger partial charge in [-0.2, -0.15) is 0 Å². The topological polar surface area (TPSA) is 402 Å². The predicted octanol–water partition coefficient (Wildman–Crippen LogP) is 0.777. The molecule has 4 atom stereocenters. The molecule has 29 nitrogen and oxygen atoms in total. The average Bonchev–Trinajstić information content (AvgIpc) is 0.772. The molecule has 1 N–H and O–H groups in total. The number of benzene rings is 4. The third kappa shape index (κ3) is 25.3. The number of fused-ring (bicyclic) bond motifs is 3. The number of hydrogen-bond donors (Lipinski definition) is 1. The summed E-state index contributed by atoms with van der Waals surface area (Å²) < 4.78 is 89.5. The SMILES string of the molecule is C=CC(=O)OCOC(=O)CC(=O)OCOC(=O)C(CC(=O)OCOC(=O)C=C)CP(=O)([O-])c1ccccc1-c1ccccc1O.C=CC(=O)OCOC(=O)CC(=O)OCOC(=O)C(CC(=O)OCOC(=O)C=C)CP1(=O)Oc2ccccc2-c2ccccc21.[K+]. The van der Waals surface area contributed by atoms with Crippen LogP contribution in [0, 0.1) is 11.8 Å². The van der Waals surface area contributed by atoms with E-state index < -0.39 is 177 Å². The molecule has 4 aromatic carbocycles. The molecule has 0 fully saturated rings. The Balaban J connectivity index is 0.000000465. The molecule has 90 heavy (non-hydrogen) atoms.